The number of carbonyl (C=O) groups is 10. The van der Waals surface area contributed by atoms with Crippen LogP contribution in [0, 0.1) is 29.6 Å². The first-order chi connectivity index (χ1) is 38.7. The number of fused-ring (bicyclic) bond motifs is 3. The molecule has 7 atom stereocenters. The molecule has 2 aromatic carbocycles. The number of ketones is 1. The predicted molar refractivity (Wildman–Crippen MR) is 292 cm³/mol. The highest BCUT2D eigenvalue weighted by molar-refractivity contribution is 6.06. The number of halogens is 2. The molecule has 5 aliphatic heterocycles. The number of hydrogen-bond acceptors (Lipinski definition) is 10. The fourth-order valence-corrected chi connectivity index (χ4v) is 13.2. The molecule has 1 aliphatic carbocycles. The smallest absolute Gasteiger partial charge is 0.270 e. The van der Waals surface area contributed by atoms with Crippen LogP contribution in [-0.2, 0) is 50.8 Å². The second-order valence-corrected chi connectivity index (χ2v) is 23.2. The normalized spacial score (nSPS) is 23.5. The maximum atomic E-state index is 14.7. The molecule has 1 aromatic heterocycles. The van der Waals surface area contributed by atoms with Crippen molar-refractivity contribution in [2.24, 2.45) is 23.5 Å². The van der Waals surface area contributed by atoms with Crippen LogP contribution in [0.25, 0.3) is 10.9 Å². The van der Waals surface area contributed by atoms with Crippen LogP contribution in [0.1, 0.15) is 173 Å². The van der Waals surface area contributed by atoms with Crippen LogP contribution >= 0.6 is 0 Å². The van der Waals surface area contributed by atoms with Crippen LogP contribution in [0.15, 0.2) is 42.5 Å². The van der Waals surface area contributed by atoms with Gasteiger partial charge in [-0.2, -0.15) is 0 Å². The van der Waals surface area contributed by atoms with E-state index in [1.807, 2.05) is 11.0 Å². The van der Waals surface area contributed by atoms with Gasteiger partial charge in [-0.3, -0.25) is 53.3 Å². The largest absolute Gasteiger partial charge is 0.370 e. The molecule has 3 aromatic rings. The third-order valence-electron chi connectivity index (χ3n) is 17.6. The zero-order valence-electron chi connectivity index (χ0n) is 46.1. The SMILES string of the molecule is CC(=O)N[C@@H]1CC[C@H](NC(=O)c2cc3cc(C(C)(F)F)ccc3[nH]2)C(=O)N2[C@H](CC[C@H]2C(=O)N[C@@H](CCC(N)=O)C(=O)C[C@H](C(=O)N2CCC(CCC#Cc3cccc4c3CN(C3CCC(=O)NC3=O)C4=O)CC2)C2CCCCC2)C1. The fourth-order valence-electron chi connectivity index (χ4n) is 13.2. The minimum absolute atomic E-state index is 0.0305. The van der Waals surface area contributed by atoms with Gasteiger partial charge in [-0.05, 0) is 125 Å². The van der Waals surface area contributed by atoms with Gasteiger partial charge in [0.25, 0.3) is 17.7 Å². The summed E-state index contributed by atoms with van der Waals surface area (Å²) in [6.07, 6.45) is 8.50. The summed E-state index contributed by atoms with van der Waals surface area (Å²) in [5.74, 6) is -1.44. The molecule has 81 heavy (non-hydrogen) atoms. The van der Waals surface area contributed by atoms with E-state index in [0.717, 1.165) is 69.4 Å². The highest BCUT2D eigenvalue weighted by Crippen LogP contribution is 2.37. The number of nitrogens with zero attached hydrogens (tertiary/aromatic N) is 3. The molecule has 6 aliphatic rings. The number of nitrogens with two attached hydrogens (primary N) is 1. The summed E-state index contributed by atoms with van der Waals surface area (Å²) in [4.78, 5) is 142. The summed E-state index contributed by atoms with van der Waals surface area (Å²) in [6.45, 7) is 3.39. The summed E-state index contributed by atoms with van der Waals surface area (Å²) in [5.41, 5.74) is 7.82. The number of aromatic amines is 1. The van der Waals surface area contributed by atoms with Crippen molar-refractivity contribution in [1.82, 2.24) is 41.0 Å². The minimum Gasteiger partial charge on any atom is -0.370 e. The molecule has 9 rings (SSSR count). The van der Waals surface area contributed by atoms with E-state index in [1.54, 1.807) is 12.1 Å². The molecule has 1 saturated carbocycles. The van der Waals surface area contributed by atoms with Crippen molar-refractivity contribution < 1.29 is 56.7 Å². The minimum atomic E-state index is -3.11. The Balaban J connectivity index is 0.840. The molecule has 9 amide bonds. The molecule has 19 nitrogen and oxygen atoms in total. The lowest BCUT2D eigenvalue weighted by molar-refractivity contribution is -0.144. The van der Waals surface area contributed by atoms with Crippen molar-refractivity contribution in [1.29, 1.82) is 0 Å². The number of hydrogen-bond donors (Lipinski definition) is 6. The first-order valence-electron chi connectivity index (χ1n) is 28.8. The number of rotatable bonds is 17. The third kappa shape index (κ3) is 13.6. The molecular weight excluding hydrogens is 1040 g/mol. The molecule has 4 saturated heterocycles. The topological polar surface area (TPSA) is 270 Å². The van der Waals surface area contributed by atoms with E-state index in [9.17, 15) is 56.7 Å². The van der Waals surface area contributed by atoms with Gasteiger partial charge in [0.05, 0.1) is 6.04 Å². The highest BCUT2D eigenvalue weighted by Gasteiger charge is 2.47. The average molecular weight is 1120 g/mol. The van der Waals surface area contributed by atoms with Gasteiger partial charge in [-0.25, -0.2) is 8.78 Å². The summed E-state index contributed by atoms with van der Waals surface area (Å²) < 4.78 is 28.3. The predicted octanol–water partition coefficient (Wildman–Crippen LogP) is 5.16. The number of piperidine rings is 2. The number of likely N-dealkylation sites (tertiary alicyclic amines) is 1. The van der Waals surface area contributed by atoms with Crippen LogP contribution in [0.3, 0.4) is 0 Å². The van der Waals surface area contributed by atoms with Gasteiger partial charge in [-0.1, -0.05) is 43.2 Å². The Morgan fingerprint density at radius 2 is 1.65 bits per heavy atom. The lowest BCUT2D eigenvalue weighted by Gasteiger charge is -2.38. The van der Waals surface area contributed by atoms with Crippen LogP contribution < -0.4 is 27.0 Å². The molecule has 21 heteroatoms. The Kier molecular flexibility index (Phi) is 18.0. The monoisotopic (exact) mass is 1120 g/mol. The number of aromatic nitrogens is 1. The number of nitrogens with one attached hydrogen (secondary N) is 5. The van der Waals surface area contributed by atoms with E-state index >= 15 is 0 Å². The number of imide groups is 1. The van der Waals surface area contributed by atoms with Gasteiger partial charge in [0.1, 0.15) is 23.8 Å². The van der Waals surface area contributed by atoms with Crippen molar-refractivity contribution in [3.05, 3.63) is 70.4 Å². The van der Waals surface area contributed by atoms with Crippen molar-refractivity contribution in [2.75, 3.05) is 13.1 Å². The molecule has 0 spiro atoms. The molecule has 432 valence electrons. The van der Waals surface area contributed by atoms with Crippen LogP contribution in [0.2, 0.25) is 0 Å². The molecule has 5 fully saturated rings. The Bertz CT molecular complexity index is 3040. The van der Waals surface area contributed by atoms with E-state index < -0.39 is 83.4 Å². The second-order valence-electron chi connectivity index (χ2n) is 23.2. The summed E-state index contributed by atoms with van der Waals surface area (Å²) >= 11 is 0. The van der Waals surface area contributed by atoms with E-state index in [2.05, 4.69) is 38.1 Å². The molecule has 1 unspecified atom stereocenters. The molecular formula is C60H73F2N9O10. The van der Waals surface area contributed by atoms with Crippen molar-refractivity contribution in [2.45, 2.75) is 185 Å². The maximum absolute atomic E-state index is 14.7. The Morgan fingerprint density at radius 3 is 2.37 bits per heavy atom. The summed E-state index contributed by atoms with van der Waals surface area (Å²) in [6, 6.07) is 5.69. The van der Waals surface area contributed by atoms with Crippen molar-refractivity contribution in [3.63, 3.8) is 0 Å². The number of carbonyl (C=O) groups excluding carboxylic acids is 10. The highest BCUT2D eigenvalue weighted by atomic mass is 19.3. The quantitative estimate of drug-likeness (QED) is 0.0763. The fraction of sp³-hybridized carbons (Fsp3) is 0.567. The Hall–Kier alpha value is -7.50. The van der Waals surface area contributed by atoms with E-state index in [0.29, 0.717) is 61.2 Å². The molecule has 0 bridgehead atoms. The number of Topliss-reactive ketones (excluding diaryl/α,β-unsaturated/α-hetero) is 1. The van der Waals surface area contributed by atoms with Crippen molar-refractivity contribution in [3.8, 4) is 11.8 Å². The van der Waals surface area contributed by atoms with Gasteiger partial charge in [0.2, 0.25) is 41.4 Å². The number of primary amides is 1. The lowest BCUT2D eigenvalue weighted by Crippen LogP contribution is -2.59. The zero-order chi connectivity index (χ0) is 57.7. The lowest BCUT2D eigenvalue weighted by atomic mass is 9.76. The van der Waals surface area contributed by atoms with E-state index in [4.69, 9.17) is 5.73 Å². The van der Waals surface area contributed by atoms with E-state index in [-0.39, 0.29) is 92.3 Å². The first-order valence-corrected chi connectivity index (χ1v) is 28.8. The summed E-state index contributed by atoms with van der Waals surface area (Å²) in [5, 5.41) is 11.3. The first kappa shape index (κ1) is 58.2. The van der Waals surface area contributed by atoms with Gasteiger partial charge >= 0.3 is 0 Å². The molecule has 7 N–H and O–H groups in total. The van der Waals surface area contributed by atoms with Gasteiger partial charge in [0.15, 0.2) is 5.78 Å². The van der Waals surface area contributed by atoms with Gasteiger partial charge in [-0.15, -0.1) is 0 Å². The van der Waals surface area contributed by atoms with Crippen LogP contribution in [0.5, 0.6) is 0 Å². The van der Waals surface area contributed by atoms with Gasteiger partial charge in [0, 0.05) is 105 Å². The zero-order valence-corrected chi connectivity index (χ0v) is 46.1. The maximum Gasteiger partial charge on any atom is 0.270 e. The average Bonchev–Trinajstić information content (AvgIpc) is 4.24. The van der Waals surface area contributed by atoms with Crippen LogP contribution in [0.4, 0.5) is 8.78 Å². The number of benzene rings is 2. The third-order valence-corrected chi connectivity index (χ3v) is 17.6. The number of H-pyrrole nitrogens is 1. The Labute approximate surface area is 469 Å². The second kappa shape index (κ2) is 25.1. The summed E-state index contributed by atoms with van der Waals surface area (Å²) in [7, 11) is 0. The molecule has 0 radical (unpaired) electrons. The number of amides is 9. The van der Waals surface area contributed by atoms with Gasteiger partial charge < -0.3 is 41.4 Å². The standard InChI is InChI=1S/C60H73F2N9O10/c1-34(72)64-40-16-19-47(67-54(76)48-30-38-29-39(60(2,61)62)15-18-45(38)65-48)59(81)71-41(31-40)17-21-50(71)56(78)66-46(20-23-52(63)74)51(73)32-43(36-10-4-3-5-11-36)57(79)69-27-25-35(26-28-69)9-6-7-12-37-13-8-14-42-44(37)33-70(58(42)80)49-22-24-53(75)68-55(49)77/h8,13-15,18,29-30,35-36,40-41,43,46-47,49-50,65H,3-6,9-11,16-17,19-28,31-33H2,1-2H3,(H2,63,74)(H,64,72)(H,66,78)(H,67,76)(H,68,75,77)/t40-,41-,43+,46+,47+,49?,50+/m1/s1. The number of alkyl halides is 2. The van der Waals surface area contributed by atoms with E-state index in [1.165, 1.54) is 41.0 Å². The van der Waals surface area contributed by atoms with Crippen LogP contribution in [-0.4, -0.2) is 128 Å². The Morgan fingerprint density at radius 1 is 0.889 bits per heavy atom. The van der Waals surface area contributed by atoms with Crippen molar-refractivity contribution >= 4 is 69.9 Å². The molecule has 6 heterocycles.